The molecule has 3 heterocycles. The van der Waals surface area contributed by atoms with E-state index in [-0.39, 0.29) is 0 Å². The number of aromatic nitrogens is 5. The molecule has 0 N–H and O–H groups in total. The molecule has 0 aliphatic rings. The molecule has 0 atom stereocenters. The van der Waals surface area contributed by atoms with Gasteiger partial charge in [0.25, 0.3) is 0 Å². The van der Waals surface area contributed by atoms with Crippen LogP contribution in [0, 0.1) is 17.9 Å². The van der Waals surface area contributed by atoms with E-state index >= 15 is 0 Å². The van der Waals surface area contributed by atoms with Crippen molar-refractivity contribution in [3.05, 3.63) is 108 Å². The minimum Gasteiger partial charge on any atom is -0.308 e. The van der Waals surface area contributed by atoms with Crippen LogP contribution in [0.1, 0.15) is 5.56 Å². The van der Waals surface area contributed by atoms with E-state index in [1.807, 2.05) is 42.5 Å². The van der Waals surface area contributed by atoms with Gasteiger partial charge in [-0.3, -0.25) is 0 Å². The monoisotopic (exact) mass is 449 g/mol. The molecule has 0 bridgehead atoms. The first kappa shape index (κ1) is 20.2. The van der Waals surface area contributed by atoms with E-state index in [4.69, 9.17) is 6.57 Å². The molecule has 0 radical (unpaired) electrons. The predicted octanol–water partition coefficient (Wildman–Crippen LogP) is 6.12. The summed E-state index contributed by atoms with van der Waals surface area (Å²) in [4.78, 5) is 21.4. The van der Waals surface area contributed by atoms with Crippen LogP contribution >= 0.6 is 0 Å². The molecular weight excluding hydrogens is 434 g/mol. The van der Waals surface area contributed by atoms with Crippen molar-refractivity contribution in [1.82, 2.24) is 24.5 Å². The van der Waals surface area contributed by atoms with Gasteiger partial charge >= 0.3 is 0 Å². The number of hydrogen-bond acceptors (Lipinski definition) is 5. The SMILES string of the molecule is [C-]#[N+]c1cnc(-c2cccc(-c3ncc(C#N)cn3)c2-n2c3ccccc3c3ccccc32)nc1. The fourth-order valence-corrected chi connectivity index (χ4v) is 4.35. The maximum absolute atomic E-state index is 9.20. The second kappa shape index (κ2) is 8.18. The van der Waals surface area contributed by atoms with Crippen molar-refractivity contribution in [2.45, 2.75) is 0 Å². The molecule has 7 nitrogen and oxygen atoms in total. The van der Waals surface area contributed by atoms with E-state index in [0.29, 0.717) is 22.9 Å². The molecule has 0 unspecified atom stereocenters. The van der Waals surface area contributed by atoms with E-state index in [0.717, 1.165) is 38.6 Å². The highest BCUT2D eigenvalue weighted by Crippen LogP contribution is 2.39. The number of nitriles is 1. The van der Waals surface area contributed by atoms with Crippen molar-refractivity contribution >= 4 is 27.5 Å². The third kappa shape index (κ3) is 3.28. The summed E-state index contributed by atoms with van der Waals surface area (Å²) in [6.45, 7) is 7.24. The van der Waals surface area contributed by atoms with Crippen molar-refractivity contribution in [2.24, 2.45) is 0 Å². The van der Waals surface area contributed by atoms with Crippen molar-refractivity contribution in [1.29, 1.82) is 5.26 Å². The van der Waals surface area contributed by atoms with Crippen LogP contribution in [0.25, 0.3) is 55.1 Å². The Morgan fingerprint density at radius 2 is 1.20 bits per heavy atom. The molecule has 0 spiro atoms. The van der Waals surface area contributed by atoms with Gasteiger partial charge in [0.2, 0.25) is 5.69 Å². The van der Waals surface area contributed by atoms with Gasteiger partial charge < -0.3 is 4.57 Å². The normalized spacial score (nSPS) is 10.8. The fraction of sp³-hybridized carbons (Fsp3) is 0. The fourth-order valence-electron chi connectivity index (χ4n) is 4.35. The van der Waals surface area contributed by atoms with Crippen LogP contribution in [0.2, 0.25) is 0 Å². The lowest BCUT2D eigenvalue weighted by Gasteiger charge is -2.17. The van der Waals surface area contributed by atoms with E-state index in [1.165, 1.54) is 24.8 Å². The number of hydrogen-bond donors (Lipinski definition) is 0. The molecule has 0 aliphatic heterocycles. The topological polar surface area (TPSA) is 84.6 Å². The van der Waals surface area contributed by atoms with Gasteiger partial charge in [-0.2, -0.15) is 5.26 Å². The van der Waals surface area contributed by atoms with E-state index in [2.05, 4.69) is 59.7 Å². The highest BCUT2D eigenvalue weighted by atomic mass is 15.0. The number of benzene rings is 3. The Balaban J connectivity index is 1.74. The molecule has 0 fully saturated rings. The number of nitrogens with zero attached hydrogens (tertiary/aromatic N) is 7. The van der Waals surface area contributed by atoms with Crippen molar-refractivity contribution in [2.75, 3.05) is 0 Å². The van der Waals surface area contributed by atoms with E-state index < -0.39 is 0 Å². The highest BCUT2D eigenvalue weighted by molar-refractivity contribution is 6.10. The Bertz CT molecular complexity index is 1670. The zero-order valence-electron chi connectivity index (χ0n) is 18.3. The summed E-state index contributed by atoms with van der Waals surface area (Å²) < 4.78 is 2.18. The average Bonchev–Trinajstić information content (AvgIpc) is 3.27. The Morgan fingerprint density at radius 1 is 0.686 bits per heavy atom. The van der Waals surface area contributed by atoms with Crippen LogP contribution in [0.5, 0.6) is 0 Å². The van der Waals surface area contributed by atoms with Crippen LogP contribution in [-0.2, 0) is 0 Å². The van der Waals surface area contributed by atoms with Gasteiger partial charge in [-0.1, -0.05) is 42.5 Å². The minimum absolute atomic E-state index is 0.374. The molecule has 0 aliphatic carbocycles. The second-order valence-corrected chi connectivity index (χ2v) is 7.86. The summed E-state index contributed by atoms with van der Waals surface area (Å²) >= 11 is 0. The Morgan fingerprint density at radius 3 is 1.71 bits per heavy atom. The number of para-hydroxylation sites is 3. The first-order valence-electron chi connectivity index (χ1n) is 10.8. The van der Waals surface area contributed by atoms with Crippen molar-refractivity contribution in [3.8, 4) is 34.5 Å². The molecular formula is C28H15N7. The quantitative estimate of drug-likeness (QED) is 0.304. The van der Waals surface area contributed by atoms with Crippen LogP contribution in [0.15, 0.2) is 91.5 Å². The Kier molecular flexibility index (Phi) is 4.73. The highest BCUT2D eigenvalue weighted by Gasteiger charge is 2.21. The Hall–Kier alpha value is -5.40. The predicted molar refractivity (Wildman–Crippen MR) is 134 cm³/mol. The van der Waals surface area contributed by atoms with E-state index in [9.17, 15) is 5.26 Å². The first-order chi connectivity index (χ1) is 17.3. The third-order valence-electron chi connectivity index (χ3n) is 5.87. The molecule has 0 saturated heterocycles. The molecule has 0 amide bonds. The van der Waals surface area contributed by atoms with Crippen LogP contribution < -0.4 is 0 Å². The van der Waals surface area contributed by atoms with Crippen LogP contribution in [-0.4, -0.2) is 24.5 Å². The molecule has 3 aromatic carbocycles. The lowest BCUT2D eigenvalue weighted by Crippen LogP contribution is -2.03. The number of fused-ring (bicyclic) bond motifs is 3. The molecule has 7 heteroatoms. The average molecular weight is 449 g/mol. The maximum atomic E-state index is 9.20. The summed E-state index contributed by atoms with van der Waals surface area (Å²) in [6.07, 6.45) is 6.09. The lowest BCUT2D eigenvalue weighted by atomic mass is 10.0. The van der Waals surface area contributed by atoms with Gasteiger partial charge in [0.15, 0.2) is 11.6 Å². The summed E-state index contributed by atoms with van der Waals surface area (Å²) in [5.41, 5.74) is 5.18. The standard InChI is InChI=1S/C28H15N7/c1-30-19-16-33-28(34-17-19)23-10-6-9-22(27-31-14-18(13-29)15-32-27)26(23)35-24-11-4-2-7-20(24)21-8-3-5-12-25(21)35/h2-12,14-17H. The zero-order valence-corrected chi connectivity index (χ0v) is 18.3. The Labute approximate surface area is 200 Å². The molecule has 6 aromatic rings. The second-order valence-electron chi connectivity index (χ2n) is 7.86. The van der Waals surface area contributed by atoms with Crippen molar-refractivity contribution in [3.63, 3.8) is 0 Å². The smallest absolute Gasteiger partial charge is 0.222 e. The van der Waals surface area contributed by atoms with Crippen LogP contribution in [0.4, 0.5) is 5.69 Å². The van der Waals surface area contributed by atoms with Crippen LogP contribution in [0.3, 0.4) is 0 Å². The first-order valence-corrected chi connectivity index (χ1v) is 10.8. The van der Waals surface area contributed by atoms with Gasteiger partial charge in [0.05, 0.1) is 28.9 Å². The zero-order chi connectivity index (χ0) is 23.8. The molecule has 0 saturated carbocycles. The van der Waals surface area contributed by atoms with Gasteiger partial charge in [-0.15, -0.1) is 0 Å². The minimum atomic E-state index is 0.374. The lowest BCUT2D eigenvalue weighted by molar-refractivity contribution is 1.11. The van der Waals surface area contributed by atoms with Gasteiger partial charge in [0, 0.05) is 46.7 Å². The summed E-state index contributed by atoms with van der Waals surface area (Å²) in [6, 6.07) is 24.4. The van der Waals surface area contributed by atoms with Crippen molar-refractivity contribution < 1.29 is 0 Å². The summed E-state index contributed by atoms with van der Waals surface area (Å²) in [5, 5.41) is 11.4. The summed E-state index contributed by atoms with van der Waals surface area (Å²) in [5.74, 6) is 0.977. The maximum Gasteiger partial charge on any atom is 0.222 e. The van der Waals surface area contributed by atoms with Gasteiger partial charge in [-0.05, 0) is 24.3 Å². The molecule has 3 aromatic heterocycles. The molecule has 35 heavy (non-hydrogen) atoms. The van der Waals surface area contributed by atoms with Gasteiger partial charge in [-0.25, -0.2) is 24.8 Å². The largest absolute Gasteiger partial charge is 0.308 e. The summed E-state index contributed by atoms with van der Waals surface area (Å²) in [7, 11) is 0. The third-order valence-corrected chi connectivity index (χ3v) is 5.87. The molecule has 162 valence electrons. The molecule has 6 rings (SSSR count). The van der Waals surface area contributed by atoms with Gasteiger partial charge in [0.1, 0.15) is 6.07 Å². The number of rotatable bonds is 3. The van der Waals surface area contributed by atoms with E-state index in [1.54, 1.807) is 0 Å².